The van der Waals surface area contributed by atoms with Gasteiger partial charge in [0.2, 0.25) is 0 Å². The molecule has 1 aliphatic rings. The van der Waals surface area contributed by atoms with Gasteiger partial charge in [0.1, 0.15) is 0 Å². The van der Waals surface area contributed by atoms with Crippen molar-refractivity contribution in [2.75, 3.05) is 13.7 Å². The van der Waals surface area contributed by atoms with E-state index < -0.39 is 0 Å². The van der Waals surface area contributed by atoms with Crippen LogP contribution in [0.5, 0.6) is 0 Å². The molecule has 2 heteroatoms. The Balaban J connectivity index is 2.13. The maximum Gasteiger partial charge on any atom is 0.0462 e. The monoisotopic (exact) mass is 199 g/mol. The predicted octanol–water partition coefficient (Wildman–Crippen LogP) is 2.57. The molecule has 2 nitrogen and oxygen atoms in total. The van der Waals surface area contributed by atoms with Gasteiger partial charge in [-0.25, -0.2) is 0 Å². The van der Waals surface area contributed by atoms with Crippen LogP contribution in [-0.4, -0.2) is 19.8 Å². The molecule has 1 rings (SSSR count). The molecule has 1 atom stereocenters. The average molecular weight is 199 g/mol. The molecule has 0 aliphatic heterocycles. The molecule has 0 amide bonds. The molecule has 0 aromatic rings. The van der Waals surface area contributed by atoms with E-state index in [1.54, 1.807) is 7.11 Å². The van der Waals surface area contributed by atoms with Crippen LogP contribution in [-0.2, 0) is 4.74 Å². The maximum atomic E-state index is 6.18. The summed E-state index contributed by atoms with van der Waals surface area (Å²) in [7, 11) is 1.76. The largest absolute Gasteiger partial charge is 0.385 e. The van der Waals surface area contributed by atoms with E-state index in [0.29, 0.717) is 6.04 Å². The van der Waals surface area contributed by atoms with Crippen molar-refractivity contribution in [3.8, 4) is 0 Å². The van der Waals surface area contributed by atoms with Crippen LogP contribution in [0.3, 0.4) is 0 Å². The normalized spacial score (nSPS) is 30.2. The lowest BCUT2D eigenvalue weighted by molar-refractivity contribution is 0.180. The van der Waals surface area contributed by atoms with Crippen LogP contribution in [0.15, 0.2) is 0 Å². The van der Waals surface area contributed by atoms with Gasteiger partial charge in [-0.15, -0.1) is 0 Å². The molecule has 0 spiro atoms. The highest BCUT2D eigenvalue weighted by Crippen LogP contribution is 2.30. The molecule has 1 aliphatic carbocycles. The van der Waals surface area contributed by atoms with Gasteiger partial charge in [0, 0.05) is 19.8 Å². The fourth-order valence-corrected chi connectivity index (χ4v) is 2.41. The zero-order valence-electron chi connectivity index (χ0n) is 9.67. The standard InChI is InChI=1S/C12H25NO/c1-10-5-7-11(8-6-10)12(13)4-3-9-14-2/h10-12H,3-9,13H2,1-2H3. The summed E-state index contributed by atoms with van der Waals surface area (Å²) in [5.41, 5.74) is 6.18. The third-order valence-corrected chi connectivity index (χ3v) is 3.55. The van der Waals surface area contributed by atoms with E-state index in [-0.39, 0.29) is 0 Å². The summed E-state index contributed by atoms with van der Waals surface area (Å²) in [6.07, 6.45) is 7.69. The number of nitrogens with two attached hydrogens (primary N) is 1. The highest BCUT2D eigenvalue weighted by atomic mass is 16.5. The van der Waals surface area contributed by atoms with Crippen LogP contribution in [0.1, 0.15) is 45.4 Å². The summed E-state index contributed by atoms with van der Waals surface area (Å²) in [6, 6.07) is 0.414. The molecule has 0 aromatic heterocycles. The second kappa shape index (κ2) is 6.41. The maximum absolute atomic E-state index is 6.18. The highest BCUT2D eigenvalue weighted by Gasteiger charge is 2.22. The van der Waals surface area contributed by atoms with E-state index in [1.165, 1.54) is 25.7 Å². The van der Waals surface area contributed by atoms with Crippen molar-refractivity contribution < 1.29 is 4.74 Å². The summed E-state index contributed by atoms with van der Waals surface area (Å²) in [4.78, 5) is 0. The van der Waals surface area contributed by atoms with Crippen molar-refractivity contribution >= 4 is 0 Å². The Bertz CT molecular complexity index is 141. The SMILES string of the molecule is COCCCC(N)C1CCC(C)CC1. The number of rotatable bonds is 5. The summed E-state index contributed by atoms with van der Waals surface area (Å²) in [5, 5.41) is 0. The smallest absolute Gasteiger partial charge is 0.0462 e. The fourth-order valence-electron chi connectivity index (χ4n) is 2.41. The third-order valence-electron chi connectivity index (χ3n) is 3.55. The first kappa shape index (κ1) is 12.0. The Kier molecular flexibility index (Phi) is 5.49. The first-order valence-corrected chi connectivity index (χ1v) is 5.98. The Labute approximate surface area is 88.2 Å². The van der Waals surface area contributed by atoms with Crippen molar-refractivity contribution in [1.29, 1.82) is 0 Å². The molecule has 1 fully saturated rings. The lowest BCUT2D eigenvalue weighted by Crippen LogP contribution is -2.32. The summed E-state index contributed by atoms with van der Waals surface area (Å²) < 4.78 is 5.04. The van der Waals surface area contributed by atoms with E-state index in [2.05, 4.69) is 6.92 Å². The van der Waals surface area contributed by atoms with Crippen molar-refractivity contribution in [3.05, 3.63) is 0 Å². The van der Waals surface area contributed by atoms with Gasteiger partial charge in [0.25, 0.3) is 0 Å². The molecule has 84 valence electrons. The van der Waals surface area contributed by atoms with Crippen LogP contribution in [0.4, 0.5) is 0 Å². The number of methoxy groups -OCH3 is 1. The Hall–Kier alpha value is -0.0800. The predicted molar refractivity (Wildman–Crippen MR) is 60.2 cm³/mol. The lowest BCUT2D eigenvalue weighted by Gasteiger charge is -2.30. The van der Waals surface area contributed by atoms with Crippen LogP contribution in [0.25, 0.3) is 0 Å². The quantitative estimate of drug-likeness (QED) is 0.691. The molecular formula is C12H25NO. The molecule has 0 bridgehead atoms. The van der Waals surface area contributed by atoms with Crippen molar-refractivity contribution in [3.63, 3.8) is 0 Å². The molecule has 2 N–H and O–H groups in total. The molecule has 0 aromatic carbocycles. The molecule has 0 radical (unpaired) electrons. The van der Waals surface area contributed by atoms with Gasteiger partial charge in [0.05, 0.1) is 0 Å². The molecule has 0 heterocycles. The summed E-state index contributed by atoms with van der Waals surface area (Å²) in [6.45, 7) is 3.21. The number of hydrogen-bond acceptors (Lipinski definition) is 2. The zero-order valence-corrected chi connectivity index (χ0v) is 9.67. The third kappa shape index (κ3) is 3.97. The lowest BCUT2D eigenvalue weighted by atomic mass is 9.78. The minimum Gasteiger partial charge on any atom is -0.385 e. The molecule has 1 saturated carbocycles. The Morgan fingerprint density at radius 3 is 2.50 bits per heavy atom. The molecule has 0 saturated heterocycles. The summed E-state index contributed by atoms with van der Waals surface area (Å²) >= 11 is 0. The Morgan fingerprint density at radius 2 is 1.93 bits per heavy atom. The fraction of sp³-hybridized carbons (Fsp3) is 1.00. The van der Waals surface area contributed by atoms with Gasteiger partial charge in [-0.3, -0.25) is 0 Å². The first-order valence-electron chi connectivity index (χ1n) is 5.98. The van der Waals surface area contributed by atoms with Crippen LogP contribution in [0.2, 0.25) is 0 Å². The van der Waals surface area contributed by atoms with Gasteiger partial charge < -0.3 is 10.5 Å². The topological polar surface area (TPSA) is 35.2 Å². The van der Waals surface area contributed by atoms with Gasteiger partial charge in [-0.2, -0.15) is 0 Å². The Morgan fingerprint density at radius 1 is 1.29 bits per heavy atom. The zero-order chi connectivity index (χ0) is 10.4. The highest BCUT2D eigenvalue weighted by molar-refractivity contribution is 4.78. The van der Waals surface area contributed by atoms with Gasteiger partial charge in [0.15, 0.2) is 0 Å². The first-order chi connectivity index (χ1) is 6.74. The van der Waals surface area contributed by atoms with E-state index in [4.69, 9.17) is 10.5 Å². The second-order valence-corrected chi connectivity index (χ2v) is 4.82. The summed E-state index contributed by atoms with van der Waals surface area (Å²) in [5.74, 6) is 1.71. The minimum atomic E-state index is 0.414. The average Bonchev–Trinajstić information content (AvgIpc) is 2.19. The van der Waals surface area contributed by atoms with Crippen molar-refractivity contribution in [2.45, 2.75) is 51.5 Å². The van der Waals surface area contributed by atoms with E-state index in [1.807, 2.05) is 0 Å². The molecule has 14 heavy (non-hydrogen) atoms. The van der Waals surface area contributed by atoms with Gasteiger partial charge in [-0.1, -0.05) is 19.8 Å². The number of ether oxygens (including phenoxy) is 1. The van der Waals surface area contributed by atoms with E-state index in [9.17, 15) is 0 Å². The molecular weight excluding hydrogens is 174 g/mol. The van der Waals surface area contributed by atoms with Crippen LogP contribution < -0.4 is 5.73 Å². The van der Waals surface area contributed by atoms with Crippen LogP contribution in [0, 0.1) is 11.8 Å². The number of hydrogen-bond donors (Lipinski definition) is 1. The van der Waals surface area contributed by atoms with Crippen molar-refractivity contribution in [2.24, 2.45) is 17.6 Å². The minimum absolute atomic E-state index is 0.414. The second-order valence-electron chi connectivity index (χ2n) is 4.82. The van der Waals surface area contributed by atoms with Crippen LogP contribution >= 0.6 is 0 Å². The molecule has 1 unspecified atom stereocenters. The van der Waals surface area contributed by atoms with E-state index >= 15 is 0 Å². The van der Waals surface area contributed by atoms with Gasteiger partial charge in [-0.05, 0) is 37.5 Å². The van der Waals surface area contributed by atoms with E-state index in [0.717, 1.165) is 31.3 Å². The van der Waals surface area contributed by atoms with Gasteiger partial charge >= 0.3 is 0 Å². The van der Waals surface area contributed by atoms with Crippen molar-refractivity contribution in [1.82, 2.24) is 0 Å².